The monoisotopic (exact) mass is 186 g/mol. The van der Waals surface area contributed by atoms with Crippen LogP contribution in [0.3, 0.4) is 0 Å². The van der Waals surface area contributed by atoms with Gasteiger partial charge in [0.15, 0.2) is 5.78 Å². The Morgan fingerprint density at radius 1 is 1.31 bits per heavy atom. The van der Waals surface area contributed by atoms with Crippen LogP contribution in [-0.4, -0.2) is 26.3 Å². The zero-order valence-electron chi connectivity index (χ0n) is 8.79. The lowest BCUT2D eigenvalue weighted by molar-refractivity contribution is -0.156. The molecule has 0 N–H and O–H groups in total. The summed E-state index contributed by atoms with van der Waals surface area (Å²) < 4.78 is 9.65. The summed E-state index contributed by atoms with van der Waals surface area (Å²) in [5.41, 5.74) is 1.22. The normalized spacial score (nSPS) is 10.2. The molecule has 76 valence electrons. The average molecular weight is 186 g/mol. The lowest BCUT2D eigenvalue weighted by atomic mass is 10.2. The lowest BCUT2D eigenvalue weighted by Gasteiger charge is -2.10. The highest BCUT2D eigenvalue weighted by Crippen LogP contribution is 2.03. The number of hydrogen-bond acceptors (Lipinski definition) is 3. The predicted octanol–water partition coefficient (Wildman–Crippen LogP) is 1.92. The first-order valence-corrected chi connectivity index (χ1v) is 4.33. The van der Waals surface area contributed by atoms with Crippen molar-refractivity contribution in [2.24, 2.45) is 0 Å². The predicted molar refractivity (Wildman–Crippen MR) is 51.5 cm³/mol. The van der Waals surface area contributed by atoms with Gasteiger partial charge in [0.05, 0.1) is 0 Å². The van der Waals surface area contributed by atoms with E-state index in [1.54, 1.807) is 0 Å². The number of hydrogen-bond donors (Lipinski definition) is 0. The first kappa shape index (κ1) is 12.3. The van der Waals surface area contributed by atoms with Crippen molar-refractivity contribution < 1.29 is 14.3 Å². The second kappa shape index (κ2) is 6.80. The van der Waals surface area contributed by atoms with Crippen LogP contribution in [0.4, 0.5) is 0 Å². The number of ether oxygens (including phenoxy) is 2. The molecule has 13 heavy (non-hydrogen) atoms. The van der Waals surface area contributed by atoms with Gasteiger partial charge in [0.2, 0.25) is 6.29 Å². The van der Waals surface area contributed by atoms with Gasteiger partial charge in [0.1, 0.15) is 0 Å². The van der Waals surface area contributed by atoms with Gasteiger partial charge in [-0.3, -0.25) is 4.79 Å². The van der Waals surface area contributed by atoms with Gasteiger partial charge < -0.3 is 9.47 Å². The molecular formula is C10H18O3. The van der Waals surface area contributed by atoms with Gasteiger partial charge in [0, 0.05) is 20.6 Å². The molecule has 0 rings (SSSR count). The summed E-state index contributed by atoms with van der Waals surface area (Å²) in [6.45, 7) is 4.02. The maximum atomic E-state index is 11.3. The Bertz CT molecular complexity index is 177. The fourth-order valence-corrected chi connectivity index (χ4v) is 0.980. The number of Topliss-reactive ketones (excluding diaryl/α,β-unsaturated/α-hetero) is 1. The van der Waals surface area contributed by atoms with Crippen molar-refractivity contribution in [2.75, 3.05) is 14.2 Å². The second-order valence-corrected chi connectivity index (χ2v) is 3.09. The van der Waals surface area contributed by atoms with Gasteiger partial charge in [-0.1, -0.05) is 11.6 Å². The molecule has 0 aromatic carbocycles. The minimum Gasteiger partial charge on any atom is -0.349 e. The highest BCUT2D eigenvalue weighted by molar-refractivity contribution is 5.81. The maximum Gasteiger partial charge on any atom is 0.217 e. The van der Waals surface area contributed by atoms with Crippen molar-refractivity contribution in [1.29, 1.82) is 0 Å². The Hall–Kier alpha value is -0.670. The van der Waals surface area contributed by atoms with Crippen LogP contribution in [0.1, 0.15) is 26.7 Å². The Labute approximate surface area is 79.7 Å². The number of ketones is 1. The van der Waals surface area contributed by atoms with Crippen molar-refractivity contribution in [1.82, 2.24) is 0 Å². The molecule has 0 aliphatic rings. The molecule has 0 amide bonds. The second-order valence-electron chi connectivity index (χ2n) is 3.09. The van der Waals surface area contributed by atoms with Crippen molar-refractivity contribution in [3.63, 3.8) is 0 Å². The Balaban J connectivity index is 3.79. The number of allylic oxidation sites excluding steroid dienone is 2. The third kappa shape index (κ3) is 5.55. The summed E-state index contributed by atoms with van der Waals surface area (Å²) in [6, 6.07) is 0. The zero-order chi connectivity index (χ0) is 10.3. The van der Waals surface area contributed by atoms with E-state index in [2.05, 4.69) is 0 Å². The van der Waals surface area contributed by atoms with Crippen LogP contribution >= 0.6 is 0 Å². The number of methoxy groups -OCH3 is 2. The summed E-state index contributed by atoms with van der Waals surface area (Å²) in [5.74, 6) is -0.0116. The quantitative estimate of drug-likeness (QED) is 0.469. The van der Waals surface area contributed by atoms with E-state index in [-0.39, 0.29) is 5.78 Å². The van der Waals surface area contributed by atoms with Crippen LogP contribution in [0.5, 0.6) is 0 Å². The van der Waals surface area contributed by atoms with Gasteiger partial charge in [-0.25, -0.2) is 0 Å². The van der Waals surface area contributed by atoms with Crippen molar-refractivity contribution >= 4 is 5.78 Å². The summed E-state index contributed by atoms with van der Waals surface area (Å²) in [6.07, 6.45) is 2.55. The molecule has 0 radical (unpaired) electrons. The van der Waals surface area contributed by atoms with E-state index < -0.39 is 6.29 Å². The summed E-state index contributed by atoms with van der Waals surface area (Å²) in [7, 11) is 2.93. The topological polar surface area (TPSA) is 35.5 Å². The fraction of sp³-hybridized carbons (Fsp3) is 0.700. The highest BCUT2D eigenvalue weighted by Gasteiger charge is 2.14. The molecule has 0 aliphatic carbocycles. The van der Waals surface area contributed by atoms with E-state index in [1.807, 2.05) is 19.9 Å². The Kier molecular flexibility index (Phi) is 6.45. The van der Waals surface area contributed by atoms with E-state index in [0.29, 0.717) is 6.42 Å². The molecule has 0 saturated heterocycles. The molecule has 0 atom stereocenters. The van der Waals surface area contributed by atoms with Crippen LogP contribution in [-0.2, 0) is 14.3 Å². The van der Waals surface area contributed by atoms with E-state index in [4.69, 9.17) is 9.47 Å². The summed E-state index contributed by atoms with van der Waals surface area (Å²) >= 11 is 0. The molecular weight excluding hydrogens is 168 g/mol. The summed E-state index contributed by atoms with van der Waals surface area (Å²) in [5, 5.41) is 0. The molecule has 0 aliphatic heterocycles. The van der Waals surface area contributed by atoms with Gasteiger partial charge in [-0.2, -0.15) is 0 Å². The van der Waals surface area contributed by atoms with Crippen molar-refractivity contribution in [3.8, 4) is 0 Å². The van der Waals surface area contributed by atoms with Gasteiger partial charge in [-0.05, 0) is 20.3 Å². The lowest BCUT2D eigenvalue weighted by Crippen LogP contribution is -2.24. The maximum absolute atomic E-state index is 11.3. The molecule has 0 aromatic heterocycles. The van der Waals surface area contributed by atoms with Crippen LogP contribution in [0.25, 0.3) is 0 Å². The number of carbonyl (C=O) groups excluding carboxylic acids is 1. The molecule has 0 unspecified atom stereocenters. The highest BCUT2D eigenvalue weighted by atomic mass is 16.7. The molecule has 0 aromatic rings. The Morgan fingerprint density at radius 3 is 2.23 bits per heavy atom. The first-order chi connectivity index (χ1) is 6.11. The van der Waals surface area contributed by atoms with E-state index in [0.717, 1.165) is 6.42 Å². The first-order valence-electron chi connectivity index (χ1n) is 4.33. The molecule has 0 fully saturated rings. The van der Waals surface area contributed by atoms with Crippen LogP contribution in [0.15, 0.2) is 11.6 Å². The van der Waals surface area contributed by atoms with E-state index in [9.17, 15) is 4.79 Å². The standard InChI is InChI=1S/C10H18O3/c1-8(2)6-5-7-9(11)10(12-3)13-4/h6,10H,5,7H2,1-4H3. The van der Waals surface area contributed by atoms with E-state index >= 15 is 0 Å². The van der Waals surface area contributed by atoms with Crippen molar-refractivity contribution in [2.45, 2.75) is 33.0 Å². The third-order valence-electron chi connectivity index (χ3n) is 1.63. The number of rotatable bonds is 6. The molecule has 3 heteroatoms. The molecule has 3 nitrogen and oxygen atoms in total. The largest absolute Gasteiger partial charge is 0.349 e. The fourth-order valence-electron chi connectivity index (χ4n) is 0.980. The smallest absolute Gasteiger partial charge is 0.217 e. The SMILES string of the molecule is COC(OC)C(=O)CCC=C(C)C. The zero-order valence-corrected chi connectivity index (χ0v) is 8.79. The summed E-state index contributed by atoms with van der Waals surface area (Å²) in [4.78, 5) is 11.3. The molecule has 0 spiro atoms. The molecule has 0 bridgehead atoms. The van der Waals surface area contributed by atoms with Crippen LogP contribution in [0.2, 0.25) is 0 Å². The van der Waals surface area contributed by atoms with Gasteiger partial charge >= 0.3 is 0 Å². The van der Waals surface area contributed by atoms with Gasteiger partial charge in [0.25, 0.3) is 0 Å². The average Bonchev–Trinajstić information content (AvgIpc) is 2.05. The van der Waals surface area contributed by atoms with Crippen LogP contribution < -0.4 is 0 Å². The van der Waals surface area contributed by atoms with E-state index in [1.165, 1.54) is 19.8 Å². The Morgan fingerprint density at radius 2 is 1.85 bits per heavy atom. The molecule has 0 heterocycles. The minimum absolute atomic E-state index is 0.0116. The number of carbonyl (C=O) groups is 1. The van der Waals surface area contributed by atoms with Gasteiger partial charge in [-0.15, -0.1) is 0 Å². The third-order valence-corrected chi connectivity index (χ3v) is 1.63. The minimum atomic E-state index is -0.703. The van der Waals surface area contributed by atoms with Crippen LogP contribution in [0, 0.1) is 0 Å². The molecule has 0 saturated carbocycles. The van der Waals surface area contributed by atoms with Crippen molar-refractivity contribution in [3.05, 3.63) is 11.6 Å².